The first-order valence-electron chi connectivity index (χ1n) is 8.47. The first kappa shape index (κ1) is 17.0. The van der Waals surface area contributed by atoms with Crippen LogP contribution in [0.3, 0.4) is 0 Å². The Hall–Kier alpha value is -0.0800. The van der Waals surface area contributed by atoms with Gasteiger partial charge in [0.1, 0.15) is 0 Å². The number of rotatable bonds is 0. The first-order valence-corrected chi connectivity index (χ1v) is 8.47. The van der Waals surface area contributed by atoms with Gasteiger partial charge in [-0.1, -0.05) is 64.2 Å². The van der Waals surface area contributed by atoms with Crippen molar-refractivity contribution in [3.63, 3.8) is 0 Å². The molecule has 114 valence electrons. The van der Waals surface area contributed by atoms with Gasteiger partial charge in [0.05, 0.1) is 5.66 Å². The maximum absolute atomic E-state index is 2.37. The molecule has 1 aliphatic heterocycles. The molecule has 0 N–H and O–H groups in total. The standard InChI is InChI=1S/C7H16N2.2C5H10/c1-7(2)8(3)5-6-9(7)4;2*1-2-4-5-3-1/h5-6H2,1-4H3;2*1-5H2. The molecule has 0 atom stereocenters. The summed E-state index contributed by atoms with van der Waals surface area (Å²) in [5.41, 5.74) is 0.278. The second-order valence-corrected chi connectivity index (χ2v) is 6.87. The highest BCUT2D eigenvalue weighted by atomic mass is 15.4. The third-order valence-corrected chi connectivity index (χ3v) is 5.14. The third kappa shape index (κ3) is 6.27. The van der Waals surface area contributed by atoms with E-state index in [0.29, 0.717) is 0 Å². The van der Waals surface area contributed by atoms with Gasteiger partial charge in [-0.25, -0.2) is 0 Å². The summed E-state index contributed by atoms with van der Waals surface area (Å²) in [7, 11) is 4.34. The van der Waals surface area contributed by atoms with E-state index in [-0.39, 0.29) is 5.66 Å². The van der Waals surface area contributed by atoms with Crippen LogP contribution >= 0.6 is 0 Å². The predicted octanol–water partition coefficient (Wildman–Crippen LogP) is 4.50. The van der Waals surface area contributed by atoms with Crippen LogP contribution < -0.4 is 0 Å². The van der Waals surface area contributed by atoms with Gasteiger partial charge in [0.25, 0.3) is 0 Å². The van der Waals surface area contributed by atoms with Crippen molar-refractivity contribution < 1.29 is 0 Å². The van der Waals surface area contributed by atoms with Gasteiger partial charge < -0.3 is 0 Å². The number of hydrogen-bond acceptors (Lipinski definition) is 2. The molecule has 0 radical (unpaired) electrons. The Bertz CT molecular complexity index is 180. The smallest absolute Gasteiger partial charge is 0.0675 e. The summed E-state index contributed by atoms with van der Waals surface area (Å²) in [6.45, 7) is 6.90. The lowest BCUT2D eigenvalue weighted by molar-refractivity contribution is 0.0897. The Labute approximate surface area is 121 Å². The zero-order valence-electron chi connectivity index (χ0n) is 13.9. The summed E-state index contributed by atoms with van der Waals surface area (Å²) < 4.78 is 0. The number of hydrogen-bond donors (Lipinski definition) is 0. The SMILES string of the molecule is C1CCCC1.C1CCCC1.CN1CCN(C)C1(C)C. The van der Waals surface area contributed by atoms with Crippen LogP contribution in [-0.4, -0.2) is 42.6 Å². The van der Waals surface area contributed by atoms with Crippen LogP contribution in [0.4, 0.5) is 0 Å². The lowest BCUT2D eigenvalue weighted by Gasteiger charge is -2.33. The van der Waals surface area contributed by atoms with E-state index in [4.69, 9.17) is 0 Å². The monoisotopic (exact) mass is 268 g/mol. The summed E-state index contributed by atoms with van der Waals surface area (Å²) in [6, 6.07) is 0. The molecule has 19 heavy (non-hydrogen) atoms. The number of likely N-dealkylation sites (N-methyl/N-ethyl adjacent to an activating group) is 2. The fourth-order valence-corrected chi connectivity index (χ4v) is 2.91. The maximum Gasteiger partial charge on any atom is 0.0675 e. The van der Waals surface area contributed by atoms with Crippen LogP contribution in [0.15, 0.2) is 0 Å². The molecule has 0 unspecified atom stereocenters. The molecule has 2 saturated carbocycles. The van der Waals surface area contributed by atoms with Gasteiger partial charge in [0.15, 0.2) is 0 Å². The van der Waals surface area contributed by atoms with Crippen LogP contribution in [-0.2, 0) is 0 Å². The highest BCUT2D eigenvalue weighted by Gasteiger charge is 2.33. The average Bonchev–Trinajstić information content (AvgIpc) is 3.13. The molecule has 0 spiro atoms. The van der Waals surface area contributed by atoms with Crippen molar-refractivity contribution in [3.05, 3.63) is 0 Å². The molecular formula is C17H36N2. The Kier molecular flexibility index (Phi) is 8.01. The minimum atomic E-state index is 0.278. The quantitative estimate of drug-likeness (QED) is 0.638. The van der Waals surface area contributed by atoms with Gasteiger partial charge in [-0.2, -0.15) is 0 Å². The van der Waals surface area contributed by atoms with Gasteiger partial charge in [-0.05, 0) is 27.9 Å². The molecule has 2 heteroatoms. The maximum atomic E-state index is 2.37. The molecule has 0 aromatic carbocycles. The van der Waals surface area contributed by atoms with Crippen LogP contribution in [0.25, 0.3) is 0 Å². The van der Waals surface area contributed by atoms with E-state index in [1.165, 1.54) is 77.3 Å². The second kappa shape index (κ2) is 8.97. The van der Waals surface area contributed by atoms with Gasteiger partial charge in [-0.3, -0.25) is 9.80 Å². The highest BCUT2D eigenvalue weighted by Crippen LogP contribution is 2.21. The van der Waals surface area contributed by atoms with E-state index in [1.807, 2.05) is 0 Å². The first-order chi connectivity index (χ1) is 9.05. The van der Waals surface area contributed by atoms with E-state index in [1.54, 1.807) is 0 Å². The molecule has 0 bridgehead atoms. The predicted molar refractivity (Wildman–Crippen MR) is 85.5 cm³/mol. The number of nitrogens with zero attached hydrogens (tertiary/aromatic N) is 2. The van der Waals surface area contributed by atoms with E-state index < -0.39 is 0 Å². The second-order valence-electron chi connectivity index (χ2n) is 6.87. The van der Waals surface area contributed by atoms with E-state index in [9.17, 15) is 0 Å². The van der Waals surface area contributed by atoms with Crippen molar-refractivity contribution >= 4 is 0 Å². The van der Waals surface area contributed by atoms with E-state index >= 15 is 0 Å². The van der Waals surface area contributed by atoms with Gasteiger partial charge >= 0.3 is 0 Å². The molecule has 3 aliphatic rings. The van der Waals surface area contributed by atoms with Crippen molar-refractivity contribution in [3.8, 4) is 0 Å². The summed E-state index contributed by atoms with van der Waals surface area (Å²) in [4.78, 5) is 4.74. The molecular weight excluding hydrogens is 232 g/mol. The molecule has 2 nitrogen and oxygen atoms in total. The van der Waals surface area contributed by atoms with Crippen molar-refractivity contribution in [2.45, 2.75) is 83.7 Å². The van der Waals surface area contributed by atoms with Crippen LogP contribution in [0.1, 0.15) is 78.1 Å². The van der Waals surface area contributed by atoms with Crippen molar-refractivity contribution in [1.29, 1.82) is 0 Å². The van der Waals surface area contributed by atoms with E-state index in [0.717, 1.165) is 0 Å². The van der Waals surface area contributed by atoms with Crippen LogP contribution in [0.5, 0.6) is 0 Å². The topological polar surface area (TPSA) is 6.48 Å². The normalized spacial score (nSPS) is 26.5. The Morgan fingerprint density at radius 3 is 0.842 bits per heavy atom. The molecule has 3 fully saturated rings. The Morgan fingerprint density at radius 2 is 0.737 bits per heavy atom. The lowest BCUT2D eigenvalue weighted by Crippen LogP contribution is -2.44. The van der Waals surface area contributed by atoms with Crippen molar-refractivity contribution in [2.75, 3.05) is 27.2 Å². The summed E-state index contributed by atoms with van der Waals surface area (Å²) in [5.74, 6) is 0. The highest BCUT2D eigenvalue weighted by molar-refractivity contribution is 4.84. The zero-order valence-corrected chi connectivity index (χ0v) is 13.9. The minimum absolute atomic E-state index is 0.278. The Morgan fingerprint density at radius 1 is 0.526 bits per heavy atom. The third-order valence-electron chi connectivity index (χ3n) is 5.14. The molecule has 0 amide bonds. The average molecular weight is 268 g/mol. The van der Waals surface area contributed by atoms with Gasteiger partial charge in [0.2, 0.25) is 0 Å². The minimum Gasteiger partial charge on any atom is -0.288 e. The molecule has 0 aromatic rings. The van der Waals surface area contributed by atoms with Gasteiger partial charge in [0, 0.05) is 13.1 Å². The molecule has 3 rings (SSSR count). The van der Waals surface area contributed by atoms with Crippen LogP contribution in [0.2, 0.25) is 0 Å². The van der Waals surface area contributed by atoms with Gasteiger partial charge in [-0.15, -0.1) is 0 Å². The molecule has 1 saturated heterocycles. The molecule has 0 aromatic heterocycles. The fraction of sp³-hybridized carbons (Fsp3) is 1.00. The summed E-state index contributed by atoms with van der Waals surface area (Å²) in [6.07, 6.45) is 15.0. The summed E-state index contributed by atoms with van der Waals surface area (Å²) in [5, 5.41) is 0. The van der Waals surface area contributed by atoms with Crippen LogP contribution in [0, 0.1) is 0 Å². The fourth-order valence-electron chi connectivity index (χ4n) is 2.91. The molecule has 1 heterocycles. The Balaban J connectivity index is 0.000000153. The zero-order chi connectivity index (χ0) is 14.1. The van der Waals surface area contributed by atoms with Crippen molar-refractivity contribution in [2.24, 2.45) is 0 Å². The largest absolute Gasteiger partial charge is 0.288 e. The lowest BCUT2D eigenvalue weighted by atomic mass is 10.2. The van der Waals surface area contributed by atoms with Crippen molar-refractivity contribution in [1.82, 2.24) is 9.80 Å². The summed E-state index contributed by atoms with van der Waals surface area (Å²) >= 11 is 0. The van der Waals surface area contributed by atoms with E-state index in [2.05, 4.69) is 37.7 Å². The molecule has 2 aliphatic carbocycles.